The molecular formula is C28H31N3O6S2. The fraction of sp³-hybridized carbons (Fsp3) is 0.357. The number of carbonyl (C=O) groups excluding carboxylic acids is 3. The van der Waals surface area contributed by atoms with Crippen LogP contribution in [0.1, 0.15) is 41.6 Å². The van der Waals surface area contributed by atoms with Gasteiger partial charge >= 0.3 is 5.97 Å². The summed E-state index contributed by atoms with van der Waals surface area (Å²) >= 11 is 6.72. The number of fused-ring (bicyclic) bond motifs is 1. The maximum Gasteiger partial charge on any atom is 0.338 e. The molecule has 0 aliphatic carbocycles. The van der Waals surface area contributed by atoms with Gasteiger partial charge in [-0.15, -0.1) is 0 Å². The zero-order valence-corrected chi connectivity index (χ0v) is 23.6. The van der Waals surface area contributed by atoms with Gasteiger partial charge in [0, 0.05) is 25.2 Å². The van der Waals surface area contributed by atoms with Gasteiger partial charge in [0.2, 0.25) is 12.7 Å². The van der Waals surface area contributed by atoms with Crippen molar-refractivity contribution < 1.29 is 28.6 Å². The third-order valence-corrected chi connectivity index (χ3v) is 7.41. The molecule has 0 radical (unpaired) electrons. The van der Waals surface area contributed by atoms with Crippen LogP contribution < -0.4 is 14.8 Å². The maximum absolute atomic E-state index is 12.9. The highest BCUT2D eigenvalue weighted by atomic mass is 32.2. The zero-order valence-electron chi connectivity index (χ0n) is 21.9. The van der Waals surface area contributed by atoms with Crippen molar-refractivity contribution in [2.45, 2.75) is 25.7 Å². The number of hydrogen-bond acceptors (Lipinski definition) is 9. The molecule has 2 aliphatic rings. The van der Waals surface area contributed by atoms with Gasteiger partial charge in [0.05, 0.1) is 10.5 Å². The molecule has 9 nitrogen and oxygen atoms in total. The molecule has 2 aromatic rings. The van der Waals surface area contributed by atoms with Crippen LogP contribution in [0.4, 0.5) is 5.69 Å². The number of benzene rings is 2. The average Bonchev–Trinajstić information content (AvgIpc) is 3.47. The lowest BCUT2D eigenvalue weighted by Crippen LogP contribution is -2.29. The lowest BCUT2D eigenvalue weighted by atomic mass is 10.1. The first kappa shape index (κ1) is 28.6. The molecule has 206 valence electrons. The standard InChI is InChI=1S/C28H31N3O6S2/c1-30(2)14-15-35-27(34)20-8-10-21(11-9-20)29-25(32)6-4-3-5-13-31-26(33)24(39-28(31)38)17-19-7-12-22-23(16-19)37-18-36-22/h7-12,16-17H,3-6,13-15,18H2,1-2H3,(H,29,32)/b24-17-. The van der Waals surface area contributed by atoms with E-state index in [1.54, 1.807) is 29.2 Å². The Morgan fingerprint density at radius 1 is 1.10 bits per heavy atom. The maximum atomic E-state index is 12.9. The minimum atomic E-state index is -0.389. The van der Waals surface area contributed by atoms with Gasteiger partial charge in [0.25, 0.3) is 5.91 Å². The van der Waals surface area contributed by atoms with Crippen LogP contribution in [0, 0.1) is 0 Å². The van der Waals surface area contributed by atoms with Gasteiger partial charge in [0.1, 0.15) is 10.9 Å². The summed E-state index contributed by atoms with van der Waals surface area (Å²) in [4.78, 5) is 41.4. The predicted octanol–water partition coefficient (Wildman–Crippen LogP) is 4.53. The highest BCUT2D eigenvalue weighted by Crippen LogP contribution is 2.36. The Bertz CT molecular complexity index is 1260. The molecule has 2 amide bonds. The molecule has 2 heterocycles. The second kappa shape index (κ2) is 13.6. The number of unbranched alkanes of at least 4 members (excludes halogenated alkanes) is 2. The average molecular weight is 570 g/mol. The number of nitrogens with one attached hydrogen (secondary N) is 1. The molecule has 0 bridgehead atoms. The molecule has 1 N–H and O–H groups in total. The van der Waals surface area contributed by atoms with E-state index in [4.69, 9.17) is 26.4 Å². The van der Waals surface area contributed by atoms with E-state index in [1.807, 2.05) is 43.3 Å². The summed E-state index contributed by atoms with van der Waals surface area (Å²) in [5.41, 5.74) is 1.91. The van der Waals surface area contributed by atoms with E-state index in [-0.39, 0.29) is 24.6 Å². The van der Waals surface area contributed by atoms with Gasteiger partial charge in [-0.25, -0.2) is 4.79 Å². The third kappa shape index (κ3) is 8.04. The van der Waals surface area contributed by atoms with Crippen LogP contribution in [-0.4, -0.2) is 72.5 Å². The minimum absolute atomic E-state index is 0.103. The summed E-state index contributed by atoms with van der Waals surface area (Å²) in [6, 6.07) is 12.2. The number of ether oxygens (including phenoxy) is 3. The molecule has 2 aliphatic heterocycles. The number of hydrogen-bond donors (Lipinski definition) is 1. The van der Waals surface area contributed by atoms with E-state index >= 15 is 0 Å². The Morgan fingerprint density at radius 2 is 1.87 bits per heavy atom. The van der Waals surface area contributed by atoms with Gasteiger partial charge in [-0.1, -0.05) is 36.5 Å². The van der Waals surface area contributed by atoms with Crippen LogP contribution in [-0.2, 0) is 14.3 Å². The van der Waals surface area contributed by atoms with E-state index in [0.29, 0.717) is 64.5 Å². The minimum Gasteiger partial charge on any atom is -0.461 e. The summed E-state index contributed by atoms with van der Waals surface area (Å²) in [6.07, 6.45) is 4.37. The number of amides is 2. The molecule has 0 saturated carbocycles. The lowest BCUT2D eigenvalue weighted by molar-refractivity contribution is -0.122. The van der Waals surface area contributed by atoms with Gasteiger partial charge < -0.3 is 24.4 Å². The molecule has 2 aromatic carbocycles. The number of carbonyl (C=O) groups is 3. The van der Waals surface area contributed by atoms with E-state index in [1.165, 1.54) is 11.8 Å². The lowest BCUT2D eigenvalue weighted by Gasteiger charge is -2.14. The topological polar surface area (TPSA) is 97.4 Å². The Labute approximate surface area is 237 Å². The van der Waals surface area contributed by atoms with E-state index in [2.05, 4.69) is 5.32 Å². The van der Waals surface area contributed by atoms with Crippen molar-refractivity contribution in [2.75, 3.05) is 45.9 Å². The molecular weight excluding hydrogens is 538 g/mol. The van der Waals surface area contributed by atoms with E-state index < -0.39 is 0 Å². The number of thiocarbonyl (C=S) groups is 1. The number of thioether (sulfide) groups is 1. The largest absolute Gasteiger partial charge is 0.461 e. The molecule has 4 rings (SSSR count). The predicted molar refractivity (Wildman–Crippen MR) is 155 cm³/mol. The Balaban J connectivity index is 1.15. The van der Waals surface area contributed by atoms with Crippen molar-refractivity contribution in [1.29, 1.82) is 0 Å². The molecule has 0 unspecified atom stereocenters. The molecule has 0 aromatic heterocycles. The zero-order chi connectivity index (χ0) is 27.8. The summed E-state index contributed by atoms with van der Waals surface area (Å²) < 4.78 is 16.5. The Hall–Kier alpha value is -3.41. The fourth-order valence-corrected chi connectivity index (χ4v) is 5.21. The monoisotopic (exact) mass is 569 g/mol. The normalized spacial score (nSPS) is 15.4. The molecule has 1 fully saturated rings. The summed E-state index contributed by atoms with van der Waals surface area (Å²) in [5.74, 6) is 0.759. The highest BCUT2D eigenvalue weighted by Gasteiger charge is 2.31. The number of anilines is 1. The smallest absolute Gasteiger partial charge is 0.338 e. The van der Waals surface area contributed by atoms with E-state index in [0.717, 1.165) is 18.4 Å². The van der Waals surface area contributed by atoms with Crippen LogP contribution in [0.2, 0.25) is 0 Å². The fourth-order valence-electron chi connectivity index (χ4n) is 3.90. The van der Waals surface area contributed by atoms with Gasteiger partial charge in [0.15, 0.2) is 11.5 Å². The van der Waals surface area contributed by atoms with Crippen molar-refractivity contribution in [3.63, 3.8) is 0 Å². The number of nitrogens with zero attached hydrogens (tertiary/aromatic N) is 2. The molecule has 0 spiro atoms. The van der Waals surface area contributed by atoms with Crippen LogP contribution in [0.3, 0.4) is 0 Å². The second-order valence-corrected chi connectivity index (χ2v) is 11.0. The van der Waals surface area contributed by atoms with Crippen LogP contribution in [0.25, 0.3) is 6.08 Å². The summed E-state index contributed by atoms with van der Waals surface area (Å²) in [7, 11) is 3.82. The van der Waals surface area contributed by atoms with Crippen LogP contribution >= 0.6 is 24.0 Å². The third-order valence-electron chi connectivity index (χ3n) is 6.03. The quantitative estimate of drug-likeness (QED) is 0.171. The van der Waals surface area contributed by atoms with Gasteiger partial charge in [-0.05, 0) is 75.0 Å². The molecule has 11 heteroatoms. The molecule has 0 atom stereocenters. The number of esters is 1. The van der Waals surface area contributed by atoms with E-state index in [9.17, 15) is 14.4 Å². The Kier molecular flexibility index (Phi) is 9.96. The summed E-state index contributed by atoms with van der Waals surface area (Å²) in [5, 5.41) is 2.85. The van der Waals surface area contributed by atoms with Crippen LogP contribution in [0.15, 0.2) is 47.4 Å². The van der Waals surface area contributed by atoms with Crippen molar-refractivity contribution in [2.24, 2.45) is 0 Å². The second-order valence-electron chi connectivity index (χ2n) is 9.32. The summed E-state index contributed by atoms with van der Waals surface area (Å²) in [6.45, 7) is 1.68. The van der Waals surface area contributed by atoms with Gasteiger partial charge in [-0.2, -0.15) is 0 Å². The highest BCUT2D eigenvalue weighted by molar-refractivity contribution is 8.26. The van der Waals surface area contributed by atoms with Crippen LogP contribution in [0.5, 0.6) is 11.5 Å². The van der Waals surface area contributed by atoms with Gasteiger partial charge in [-0.3, -0.25) is 14.5 Å². The van der Waals surface area contributed by atoms with Crippen molar-refractivity contribution in [3.8, 4) is 11.5 Å². The SMILES string of the molecule is CN(C)CCOC(=O)c1ccc(NC(=O)CCCCCN2C(=O)/C(=C/c3ccc4c(c3)OCO4)SC2=S)cc1. The van der Waals surface area contributed by atoms with Crippen molar-refractivity contribution >= 4 is 57.8 Å². The first-order valence-corrected chi connectivity index (χ1v) is 13.9. The molecule has 39 heavy (non-hydrogen) atoms. The molecule has 1 saturated heterocycles. The van der Waals surface area contributed by atoms with Crippen molar-refractivity contribution in [3.05, 3.63) is 58.5 Å². The Morgan fingerprint density at radius 3 is 2.64 bits per heavy atom. The number of likely N-dealkylation sites (N-methyl/N-ethyl adjacent to an activating group) is 1. The first-order valence-electron chi connectivity index (χ1n) is 12.7. The first-order chi connectivity index (χ1) is 18.8. The van der Waals surface area contributed by atoms with Crippen molar-refractivity contribution in [1.82, 2.24) is 9.80 Å². The number of rotatable bonds is 12.